The predicted octanol–water partition coefficient (Wildman–Crippen LogP) is 2.57. The highest BCUT2D eigenvalue weighted by Crippen LogP contribution is 2.37. The molecule has 1 N–H and O–H groups in total. The lowest BCUT2D eigenvalue weighted by Crippen LogP contribution is -2.53. The molecule has 2 rings (SSSR count). The maximum Gasteiger partial charge on any atom is 0.326 e. The number of likely N-dealkylation sites (tertiary alicyclic amines) is 1. The fraction of sp³-hybridized carbons (Fsp3) is 0.941. The number of carbonyl (C=O) groups excluding carboxylic acids is 1. The van der Waals surface area contributed by atoms with Gasteiger partial charge < -0.3 is 10.1 Å². The van der Waals surface area contributed by atoms with E-state index in [0.29, 0.717) is 12.1 Å². The lowest BCUT2D eigenvalue weighted by Gasteiger charge is -2.41. The van der Waals surface area contributed by atoms with Gasteiger partial charge in [-0.1, -0.05) is 13.8 Å². The molecule has 0 amide bonds. The summed E-state index contributed by atoms with van der Waals surface area (Å²) in [6.07, 6.45) is 6.56. The zero-order valence-electron chi connectivity index (χ0n) is 14.2. The van der Waals surface area contributed by atoms with Gasteiger partial charge in [-0.25, -0.2) is 0 Å². The Morgan fingerprint density at radius 1 is 1.33 bits per heavy atom. The summed E-state index contributed by atoms with van der Waals surface area (Å²) in [5.41, 5.74) is -0.449. The number of esters is 1. The van der Waals surface area contributed by atoms with Crippen molar-refractivity contribution in [3.05, 3.63) is 0 Å². The molecule has 1 aliphatic carbocycles. The van der Waals surface area contributed by atoms with Crippen molar-refractivity contribution in [1.82, 2.24) is 10.2 Å². The standard InChI is InChI=1S/C17H32N2O2/c1-5-10-18-17(16(20)21-4)9-8-15(11-17)19-12-13(2)6-7-14(19)3/h13-15,18H,5-12H2,1-4H3. The number of rotatable bonds is 5. The smallest absolute Gasteiger partial charge is 0.326 e. The largest absolute Gasteiger partial charge is 0.468 e. The van der Waals surface area contributed by atoms with Gasteiger partial charge >= 0.3 is 5.97 Å². The summed E-state index contributed by atoms with van der Waals surface area (Å²) < 4.78 is 5.10. The Bertz CT molecular complexity index is 361. The van der Waals surface area contributed by atoms with Crippen LogP contribution in [0.2, 0.25) is 0 Å². The van der Waals surface area contributed by atoms with Crippen LogP contribution in [-0.4, -0.2) is 48.7 Å². The van der Waals surface area contributed by atoms with Crippen LogP contribution in [0.3, 0.4) is 0 Å². The van der Waals surface area contributed by atoms with Crippen molar-refractivity contribution in [2.45, 2.75) is 76.9 Å². The second-order valence-corrected chi connectivity index (χ2v) is 7.13. The molecular formula is C17H32N2O2. The van der Waals surface area contributed by atoms with Gasteiger partial charge in [0.1, 0.15) is 5.54 Å². The van der Waals surface area contributed by atoms with Crippen LogP contribution in [0.5, 0.6) is 0 Å². The Balaban J connectivity index is 2.06. The molecule has 0 bridgehead atoms. The van der Waals surface area contributed by atoms with Gasteiger partial charge in [-0.2, -0.15) is 0 Å². The van der Waals surface area contributed by atoms with E-state index < -0.39 is 5.54 Å². The van der Waals surface area contributed by atoms with E-state index in [1.165, 1.54) is 26.5 Å². The van der Waals surface area contributed by atoms with Gasteiger partial charge in [-0.15, -0.1) is 0 Å². The molecule has 4 atom stereocenters. The number of carbonyl (C=O) groups is 1. The van der Waals surface area contributed by atoms with Crippen molar-refractivity contribution in [2.75, 3.05) is 20.2 Å². The van der Waals surface area contributed by atoms with Gasteiger partial charge in [0.05, 0.1) is 7.11 Å². The number of hydrogen-bond donors (Lipinski definition) is 1. The maximum absolute atomic E-state index is 12.3. The number of piperidine rings is 1. The molecule has 4 unspecified atom stereocenters. The van der Waals surface area contributed by atoms with Crippen LogP contribution in [0, 0.1) is 5.92 Å². The van der Waals surface area contributed by atoms with Gasteiger partial charge in [0, 0.05) is 18.6 Å². The first-order valence-electron chi connectivity index (χ1n) is 8.61. The summed E-state index contributed by atoms with van der Waals surface area (Å²) in [7, 11) is 1.51. The van der Waals surface area contributed by atoms with Crippen LogP contribution in [0.25, 0.3) is 0 Å². The third-order valence-electron chi connectivity index (χ3n) is 5.41. The average molecular weight is 296 g/mol. The van der Waals surface area contributed by atoms with Crippen LogP contribution < -0.4 is 5.32 Å². The van der Waals surface area contributed by atoms with Crippen molar-refractivity contribution in [1.29, 1.82) is 0 Å². The Morgan fingerprint density at radius 3 is 2.76 bits per heavy atom. The van der Waals surface area contributed by atoms with Crippen molar-refractivity contribution in [3.63, 3.8) is 0 Å². The normalized spacial score (nSPS) is 37.6. The molecule has 1 saturated carbocycles. The summed E-state index contributed by atoms with van der Waals surface area (Å²) >= 11 is 0. The van der Waals surface area contributed by atoms with Crippen LogP contribution in [0.1, 0.15) is 59.3 Å². The number of nitrogens with zero attached hydrogens (tertiary/aromatic N) is 1. The van der Waals surface area contributed by atoms with E-state index in [9.17, 15) is 4.79 Å². The third kappa shape index (κ3) is 3.59. The molecule has 1 aliphatic heterocycles. The fourth-order valence-corrected chi connectivity index (χ4v) is 4.11. The summed E-state index contributed by atoms with van der Waals surface area (Å²) in [5, 5.41) is 3.49. The summed E-state index contributed by atoms with van der Waals surface area (Å²) in [6, 6.07) is 1.16. The van der Waals surface area contributed by atoms with Crippen LogP contribution >= 0.6 is 0 Å². The molecule has 21 heavy (non-hydrogen) atoms. The zero-order valence-corrected chi connectivity index (χ0v) is 14.2. The van der Waals surface area contributed by atoms with E-state index in [1.54, 1.807) is 0 Å². The number of methoxy groups -OCH3 is 1. The Labute approximate surface area is 129 Å². The van der Waals surface area contributed by atoms with Crippen LogP contribution in [-0.2, 0) is 9.53 Å². The van der Waals surface area contributed by atoms with Gasteiger partial charge in [0.15, 0.2) is 0 Å². The molecule has 0 aromatic rings. The van der Waals surface area contributed by atoms with Crippen molar-refractivity contribution < 1.29 is 9.53 Å². The van der Waals surface area contributed by atoms with Crippen molar-refractivity contribution >= 4 is 5.97 Å². The quantitative estimate of drug-likeness (QED) is 0.792. The van der Waals surface area contributed by atoms with E-state index >= 15 is 0 Å². The van der Waals surface area contributed by atoms with Crippen LogP contribution in [0.4, 0.5) is 0 Å². The summed E-state index contributed by atoms with van der Waals surface area (Å²) in [5.74, 6) is 0.703. The van der Waals surface area contributed by atoms with Crippen LogP contribution in [0.15, 0.2) is 0 Å². The van der Waals surface area contributed by atoms with E-state index in [2.05, 4.69) is 31.0 Å². The molecule has 0 spiro atoms. The Kier molecular flexibility index (Phi) is 5.67. The maximum atomic E-state index is 12.3. The number of hydrogen-bond acceptors (Lipinski definition) is 4. The Hall–Kier alpha value is -0.610. The van der Waals surface area contributed by atoms with Gasteiger partial charge in [0.2, 0.25) is 0 Å². The first kappa shape index (κ1) is 16.8. The zero-order chi connectivity index (χ0) is 15.5. The number of ether oxygens (including phenoxy) is 1. The lowest BCUT2D eigenvalue weighted by atomic mass is 9.92. The minimum atomic E-state index is -0.449. The topological polar surface area (TPSA) is 41.6 Å². The molecule has 0 aromatic heterocycles. The van der Waals surface area contributed by atoms with E-state index in [-0.39, 0.29) is 5.97 Å². The molecule has 2 fully saturated rings. The van der Waals surface area contributed by atoms with Crippen molar-refractivity contribution in [2.24, 2.45) is 5.92 Å². The van der Waals surface area contributed by atoms with Gasteiger partial charge in [0.25, 0.3) is 0 Å². The van der Waals surface area contributed by atoms with E-state index in [4.69, 9.17) is 4.74 Å². The minimum absolute atomic E-state index is 0.0730. The first-order valence-corrected chi connectivity index (χ1v) is 8.61. The highest BCUT2D eigenvalue weighted by molar-refractivity contribution is 5.81. The fourth-order valence-electron chi connectivity index (χ4n) is 4.11. The SMILES string of the molecule is CCCNC1(C(=O)OC)CCC(N2CC(C)CCC2C)C1. The molecule has 4 nitrogen and oxygen atoms in total. The molecule has 0 radical (unpaired) electrons. The molecular weight excluding hydrogens is 264 g/mol. The molecule has 1 heterocycles. The van der Waals surface area contributed by atoms with Gasteiger partial charge in [-0.3, -0.25) is 9.69 Å². The summed E-state index contributed by atoms with van der Waals surface area (Å²) in [6.45, 7) is 8.88. The molecule has 122 valence electrons. The average Bonchev–Trinajstić information content (AvgIpc) is 2.92. The second kappa shape index (κ2) is 7.10. The molecule has 2 aliphatic rings. The Morgan fingerprint density at radius 2 is 2.10 bits per heavy atom. The molecule has 0 aromatic carbocycles. The minimum Gasteiger partial charge on any atom is -0.468 e. The highest BCUT2D eigenvalue weighted by atomic mass is 16.5. The first-order chi connectivity index (χ1) is 10.0. The lowest BCUT2D eigenvalue weighted by molar-refractivity contribution is -0.148. The molecule has 1 saturated heterocycles. The van der Waals surface area contributed by atoms with Crippen molar-refractivity contribution in [3.8, 4) is 0 Å². The summed E-state index contributed by atoms with van der Waals surface area (Å²) in [4.78, 5) is 15.0. The third-order valence-corrected chi connectivity index (χ3v) is 5.41. The number of nitrogens with one attached hydrogen (secondary N) is 1. The van der Waals surface area contributed by atoms with E-state index in [0.717, 1.165) is 38.1 Å². The molecule has 4 heteroatoms. The van der Waals surface area contributed by atoms with E-state index in [1.807, 2.05) is 0 Å². The predicted molar refractivity (Wildman–Crippen MR) is 85.2 cm³/mol. The van der Waals surface area contributed by atoms with Gasteiger partial charge in [-0.05, 0) is 57.9 Å². The second-order valence-electron chi connectivity index (χ2n) is 7.13. The monoisotopic (exact) mass is 296 g/mol. The highest BCUT2D eigenvalue weighted by Gasteiger charge is 2.48.